The van der Waals surface area contributed by atoms with Crippen LogP contribution in [0.1, 0.15) is 0 Å². The number of nitrogens with one attached hydrogen (secondary N) is 2. The van der Waals surface area contributed by atoms with Crippen molar-refractivity contribution in [3.8, 4) is 0 Å². The Kier molecular flexibility index (Phi) is 3.53. The van der Waals surface area contributed by atoms with E-state index in [9.17, 15) is 9.59 Å². The van der Waals surface area contributed by atoms with E-state index in [1.54, 1.807) is 0 Å². The van der Waals surface area contributed by atoms with Crippen LogP contribution in [-0.2, 0) is 0 Å². The predicted molar refractivity (Wildman–Crippen MR) is 34.8 cm³/mol. The molecule has 1 aromatic heterocycles. The molecule has 1 rings (SSSR count). The van der Waals surface area contributed by atoms with Crippen LogP contribution in [0.15, 0.2) is 21.7 Å². The van der Waals surface area contributed by atoms with Gasteiger partial charge in [-0.2, -0.15) is 0 Å². The van der Waals surface area contributed by atoms with E-state index < -0.39 is 0 Å². The van der Waals surface area contributed by atoms with Gasteiger partial charge in [0, 0.05) is 12.1 Å². The molecule has 0 fully saturated rings. The summed E-state index contributed by atoms with van der Waals surface area (Å²) in [6.45, 7) is 0. The summed E-state index contributed by atoms with van der Waals surface area (Å²) in [7, 11) is 0. The van der Waals surface area contributed by atoms with Gasteiger partial charge < -0.3 is 0 Å². The van der Waals surface area contributed by atoms with Gasteiger partial charge in [0.05, 0.1) is 0 Å². The Balaban J connectivity index is 0.000000640. The predicted octanol–water partition coefficient (Wildman–Crippen LogP) is -1.59. The van der Waals surface area contributed by atoms with E-state index in [4.69, 9.17) is 0 Å². The molecular weight excluding hydrogens is 131 g/mol. The molecule has 0 amide bonds. The molecule has 0 spiro atoms. The summed E-state index contributed by atoms with van der Waals surface area (Å²) < 4.78 is 0. The van der Waals surface area contributed by atoms with Gasteiger partial charge >= 0.3 is 29.6 Å². The molecule has 0 aliphatic carbocycles. The Labute approximate surface area is 72.6 Å². The van der Waals surface area contributed by atoms with Crippen molar-refractivity contribution in [2.24, 2.45) is 0 Å². The summed E-state index contributed by atoms with van der Waals surface area (Å²) in [5.74, 6) is 0. The van der Waals surface area contributed by atoms with Crippen LogP contribution in [0.4, 0.5) is 0 Å². The molecule has 0 saturated heterocycles. The summed E-state index contributed by atoms with van der Waals surface area (Å²) in [6, 6.07) is 2.33. The third kappa shape index (κ3) is 2.64. The fourth-order valence-corrected chi connectivity index (χ4v) is 0.358. The Morgan fingerprint density at radius 3 is 1.56 bits per heavy atom. The van der Waals surface area contributed by atoms with E-state index in [1.165, 1.54) is 12.1 Å². The first-order valence-corrected chi connectivity index (χ1v) is 2.07. The van der Waals surface area contributed by atoms with Crippen molar-refractivity contribution in [2.75, 3.05) is 0 Å². The van der Waals surface area contributed by atoms with Crippen molar-refractivity contribution in [1.29, 1.82) is 0 Å². The quantitative estimate of drug-likeness (QED) is 0.422. The van der Waals surface area contributed by atoms with Crippen LogP contribution in [0.3, 0.4) is 0 Å². The normalized spacial score (nSPS) is 8.00. The number of H-pyrrole nitrogens is 2. The van der Waals surface area contributed by atoms with Crippen LogP contribution in [0.2, 0.25) is 0 Å². The zero-order valence-electron chi connectivity index (χ0n) is 3.97. The zero-order chi connectivity index (χ0) is 5.98. The number of aromatic amines is 2. The van der Waals surface area contributed by atoms with E-state index >= 15 is 0 Å². The minimum atomic E-state index is -0.301. The van der Waals surface area contributed by atoms with Crippen LogP contribution >= 0.6 is 0 Å². The second kappa shape index (κ2) is 3.66. The molecule has 9 heavy (non-hydrogen) atoms. The third-order valence-electron chi connectivity index (χ3n) is 0.695. The minimum absolute atomic E-state index is 0. The third-order valence-corrected chi connectivity index (χ3v) is 0.695. The van der Waals surface area contributed by atoms with Gasteiger partial charge in [-0.1, -0.05) is 0 Å². The molecule has 0 atom stereocenters. The first-order chi connectivity index (χ1) is 3.79. The second-order valence-electron chi connectivity index (χ2n) is 1.31. The molecule has 5 heteroatoms. The molecular formula is C4H5N2NaO2. The summed E-state index contributed by atoms with van der Waals surface area (Å²) >= 11 is 0. The Bertz CT molecular complexity index is 224. The molecule has 4 nitrogen and oxygen atoms in total. The summed E-state index contributed by atoms with van der Waals surface area (Å²) in [4.78, 5) is 20.4. The van der Waals surface area contributed by atoms with Crippen LogP contribution in [-0.4, -0.2) is 39.8 Å². The summed E-state index contributed by atoms with van der Waals surface area (Å²) in [6.07, 6.45) is 0. The average Bonchev–Trinajstić information content (AvgIpc) is 1.77. The molecule has 1 heterocycles. The standard InChI is InChI=1S/C4H4N2O2.Na.H/c7-3-1-2-4(8)6-5-3;;/h1-2H,(H,5,7)(H,6,8);;. The molecule has 0 aliphatic rings. The fourth-order valence-electron chi connectivity index (χ4n) is 0.358. The average molecular weight is 136 g/mol. The molecule has 0 aromatic carbocycles. The van der Waals surface area contributed by atoms with Crippen molar-refractivity contribution in [3.63, 3.8) is 0 Å². The van der Waals surface area contributed by atoms with Crippen LogP contribution in [0, 0.1) is 0 Å². The molecule has 0 bridgehead atoms. The Morgan fingerprint density at radius 1 is 1.00 bits per heavy atom. The van der Waals surface area contributed by atoms with Gasteiger partial charge in [-0.05, 0) is 0 Å². The summed E-state index contributed by atoms with van der Waals surface area (Å²) in [5, 5.41) is 4.21. The van der Waals surface area contributed by atoms with E-state index in [-0.39, 0.29) is 40.7 Å². The molecule has 0 aliphatic heterocycles. The second-order valence-corrected chi connectivity index (χ2v) is 1.31. The van der Waals surface area contributed by atoms with Gasteiger partial charge in [0.15, 0.2) is 0 Å². The van der Waals surface area contributed by atoms with Crippen molar-refractivity contribution in [1.82, 2.24) is 10.2 Å². The topological polar surface area (TPSA) is 65.7 Å². The first kappa shape index (κ1) is 8.68. The maximum atomic E-state index is 10.2. The van der Waals surface area contributed by atoms with Crippen LogP contribution < -0.4 is 11.1 Å². The monoisotopic (exact) mass is 136 g/mol. The molecule has 0 saturated carbocycles. The van der Waals surface area contributed by atoms with Gasteiger partial charge in [0.1, 0.15) is 0 Å². The van der Waals surface area contributed by atoms with Crippen LogP contribution in [0.25, 0.3) is 0 Å². The molecule has 1 aromatic rings. The molecule has 0 radical (unpaired) electrons. The zero-order valence-corrected chi connectivity index (χ0v) is 3.97. The van der Waals surface area contributed by atoms with Gasteiger partial charge in [-0.3, -0.25) is 19.8 Å². The number of hydrogen-bond acceptors (Lipinski definition) is 2. The first-order valence-electron chi connectivity index (χ1n) is 2.07. The Morgan fingerprint density at radius 2 is 1.33 bits per heavy atom. The van der Waals surface area contributed by atoms with E-state index in [1.807, 2.05) is 0 Å². The van der Waals surface area contributed by atoms with E-state index in [0.29, 0.717) is 0 Å². The van der Waals surface area contributed by atoms with Gasteiger partial charge in [-0.15, -0.1) is 0 Å². The number of hydrogen-bond donors (Lipinski definition) is 2. The van der Waals surface area contributed by atoms with Crippen molar-refractivity contribution < 1.29 is 0 Å². The molecule has 2 N–H and O–H groups in total. The van der Waals surface area contributed by atoms with Crippen molar-refractivity contribution >= 4 is 29.6 Å². The summed E-state index contributed by atoms with van der Waals surface area (Å²) in [5.41, 5.74) is -0.603. The number of rotatable bonds is 0. The van der Waals surface area contributed by atoms with Crippen molar-refractivity contribution in [2.45, 2.75) is 0 Å². The van der Waals surface area contributed by atoms with Crippen LogP contribution in [0.5, 0.6) is 0 Å². The van der Waals surface area contributed by atoms with Gasteiger partial charge in [0.2, 0.25) is 0 Å². The van der Waals surface area contributed by atoms with E-state index in [0.717, 1.165) is 0 Å². The fraction of sp³-hybridized carbons (Fsp3) is 0. The molecule has 0 unspecified atom stereocenters. The maximum absolute atomic E-state index is 10.2. The van der Waals surface area contributed by atoms with E-state index in [2.05, 4.69) is 10.2 Å². The van der Waals surface area contributed by atoms with Gasteiger partial charge in [0.25, 0.3) is 11.1 Å². The Hall–Kier alpha value is -0.320. The van der Waals surface area contributed by atoms with Crippen molar-refractivity contribution in [3.05, 3.63) is 32.8 Å². The SMILES string of the molecule is O=c1ccc(=O)[nH][nH]1.[NaH]. The van der Waals surface area contributed by atoms with Gasteiger partial charge in [-0.25, -0.2) is 0 Å². The number of aromatic nitrogens is 2. The molecule has 44 valence electrons.